The molecule has 0 aliphatic heterocycles. The number of aryl methyl sites for hydroxylation is 1. The Morgan fingerprint density at radius 2 is 2.00 bits per heavy atom. The van der Waals surface area contributed by atoms with Crippen LogP contribution in [0.5, 0.6) is 5.75 Å². The van der Waals surface area contributed by atoms with Gasteiger partial charge < -0.3 is 15.0 Å². The SMILES string of the molecule is COc1ccc2[nH]c(C(=O)Nc3cccc(C)c3)cc2c1. The summed E-state index contributed by atoms with van der Waals surface area (Å²) in [5.74, 6) is 0.614. The van der Waals surface area contributed by atoms with Gasteiger partial charge in [0.25, 0.3) is 5.91 Å². The Kier molecular flexibility index (Phi) is 3.36. The van der Waals surface area contributed by atoms with Crippen LogP contribution >= 0.6 is 0 Å². The summed E-state index contributed by atoms with van der Waals surface area (Å²) in [4.78, 5) is 15.4. The van der Waals surface area contributed by atoms with Crippen molar-refractivity contribution in [3.63, 3.8) is 0 Å². The molecule has 0 aliphatic rings. The van der Waals surface area contributed by atoms with E-state index in [1.54, 1.807) is 7.11 Å². The predicted octanol–water partition coefficient (Wildman–Crippen LogP) is 3.74. The van der Waals surface area contributed by atoms with Crippen molar-refractivity contribution in [1.29, 1.82) is 0 Å². The van der Waals surface area contributed by atoms with Crippen molar-refractivity contribution in [3.8, 4) is 5.75 Å². The number of carbonyl (C=O) groups is 1. The van der Waals surface area contributed by atoms with Crippen molar-refractivity contribution in [2.45, 2.75) is 6.92 Å². The summed E-state index contributed by atoms with van der Waals surface area (Å²) < 4.78 is 5.19. The lowest BCUT2D eigenvalue weighted by atomic mass is 10.2. The number of rotatable bonds is 3. The van der Waals surface area contributed by atoms with Crippen molar-refractivity contribution in [2.75, 3.05) is 12.4 Å². The van der Waals surface area contributed by atoms with Crippen LogP contribution in [-0.4, -0.2) is 18.0 Å². The van der Waals surface area contributed by atoms with E-state index >= 15 is 0 Å². The molecule has 0 aliphatic carbocycles. The number of fused-ring (bicyclic) bond motifs is 1. The maximum Gasteiger partial charge on any atom is 0.272 e. The summed E-state index contributed by atoms with van der Waals surface area (Å²) in [5.41, 5.74) is 3.33. The third-order valence-corrected chi connectivity index (χ3v) is 3.35. The molecule has 0 bridgehead atoms. The highest BCUT2D eigenvalue weighted by atomic mass is 16.5. The lowest BCUT2D eigenvalue weighted by Crippen LogP contribution is -2.12. The minimum absolute atomic E-state index is 0.157. The molecule has 2 N–H and O–H groups in total. The van der Waals surface area contributed by atoms with Crippen LogP contribution in [0.4, 0.5) is 5.69 Å². The smallest absolute Gasteiger partial charge is 0.272 e. The minimum Gasteiger partial charge on any atom is -0.497 e. The third-order valence-electron chi connectivity index (χ3n) is 3.35. The Balaban J connectivity index is 1.87. The fourth-order valence-corrected chi connectivity index (χ4v) is 2.28. The summed E-state index contributed by atoms with van der Waals surface area (Å²) in [6, 6.07) is 15.2. The van der Waals surface area contributed by atoms with Crippen LogP contribution in [0, 0.1) is 6.92 Å². The molecular weight excluding hydrogens is 264 g/mol. The first-order chi connectivity index (χ1) is 10.2. The second kappa shape index (κ2) is 5.32. The number of nitrogens with one attached hydrogen (secondary N) is 2. The molecule has 0 atom stereocenters. The molecule has 1 heterocycles. The number of anilines is 1. The zero-order valence-electron chi connectivity index (χ0n) is 11.9. The Labute approximate surface area is 122 Å². The molecule has 4 heteroatoms. The topological polar surface area (TPSA) is 54.1 Å². The summed E-state index contributed by atoms with van der Waals surface area (Å²) >= 11 is 0. The number of aromatic amines is 1. The lowest BCUT2D eigenvalue weighted by Gasteiger charge is -2.04. The Morgan fingerprint density at radius 3 is 2.76 bits per heavy atom. The van der Waals surface area contributed by atoms with E-state index in [1.165, 1.54) is 0 Å². The first-order valence-corrected chi connectivity index (χ1v) is 6.70. The van der Waals surface area contributed by atoms with E-state index in [1.807, 2.05) is 55.5 Å². The van der Waals surface area contributed by atoms with E-state index in [-0.39, 0.29) is 5.91 Å². The number of hydrogen-bond acceptors (Lipinski definition) is 2. The second-order valence-electron chi connectivity index (χ2n) is 4.96. The number of benzene rings is 2. The van der Waals surface area contributed by atoms with Gasteiger partial charge in [0.2, 0.25) is 0 Å². The van der Waals surface area contributed by atoms with Gasteiger partial charge in [-0.05, 0) is 48.9 Å². The van der Waals surface area contributed by atoms with Crippen molar-refractivity contribution in [3.05, 3.63) is 59.8 Å². The largest absolute Gasteiger partial charge is 0.497 e. The zero-order chi connectivity index (χ0) is 14.8. The number of H-pyrrole nitrogens is 1. The van der Waals surface area contributed by atoms with Crippen LogP contribution in [0.1, 0.15) is 16.1 Å². The second-order valence-corrected chi connectivity index (χ2v) is 4.96. The van der Waals surface area contributed by atoms with Gasteiger partial charge in [0, 0.05) is 16.6 Å². The lowest BCUT2D eigenvalue weighted by molar-refractivity contribution is 0.102. The molecule has 0 radical (unpaired) electrons. The van der Waals surface area contributed by atoms with E-state index in [2.05, 4.69) is 10.3 Å². The van der Waals surface area contributed by atoms with Gasteiger partial charge >= 0.3 is 0 Å². The fraction of sp³-hybridized carbons (Fsp3) is 0.118. The molecule has 2 aromatic carbocycles. The zero-order valence-corrected chi connectivity index (χ0v) is 11.9. The predicted molar refractivity (Wildman–Crippen MR) is 84.0 cm³/mol. The third kappa shape index (κ3) is 2.74. The van der Waals surface area contributed by atoms with E-state index in [4.69, 9.17) is 4.74 Å². The molecule has 3 aromatic rings. The molecular formula is C17H16N2O2. The Morgan fingerprint density at radius 1 is 1.14 bits per heavy atom. The van der Waals surface area contributed by atoms with Crippen molar-refractivity contribution in [1.82, 2.24) is 4.98 Å². The first-order valence-electron chi connectivity index (χ1n) is 6.70. The molecule has 0 spiro atoms. The van der Waals surface area contributed by atoms with Crippen LogP contribution < -0.4 is 10.1 Å². The van der Waals surface area contributed by atoms with Gasteiger partial charge in [0.1, 0.15) is 11.4 Å². The van der Waals surface area contributed by atoms with Crippen molar-refractivity contribution in [2.24, 2.45) is 0 Å². The van der Waals surface area contributed by atoms with Crippen molar-refractivity contribution >= 4 is 22.5 Å². The molecule has 1 amide bonds. The fourth-order valence-electron chi connectivity index (χ4n) is 2.28. The molecule has 0 saturated carbocycles. The normalized spacial score (nSPS) is 10.6. The number of amides is 1. The number of methoxy groups -OCH3 is 1. The van der Waals surface area contributed by atoms with Crippen LogP contribution in [-0.2, 0) is 0 Å². The highest BCUT2D eigenvalue weighted by Gasteiger charge is 2.10. The summed E-state index contributed by atoms with van der Waals surface area (Å²) in [6.07, 6.45) is 0. The standard InChI is InChI=1S/C17H16N2O2/c1-11-4-3-5-13(8-11)18-17(20)16-10-12-9-14(21-2)6-7-15(12)19-16/h3-10,19H,1-2H3,(H,18,20). The molecule has 21 heavy (non-hydrogen) atoms. The highest BCUT2D eigenvalue weighted by Crippen LogP contribution is 2.22. The van der Waals surface area contributed by atoms with Crippen molar-refractivity contribution < 1.29 is 9.53 Å². The van der Waals surface area contributed by atoms with E-state index in [0.29, 0.717) is 5.69 Å². The van der Waals surface area contributed by atoms with Gasteiger partial charge in [-0.1, -0.05) is 12.1 Å². The number of ether oxygens (including phenoxy) is 1. The molecule has 4 nitrogen and oxygen atoms in total. The van der Waals surface area contributed by atoms with Gasteiger partial charge in [-0.3, -0.25) is 4.79 Å². The van der Waals surface area contributed by atoms with Gasteiger partial charge in [0.05, 0.1) is 7.11 Å². The monoisotopic (exact) mass is 280 g/mol. The first kappa shape index (κ1) is 13.2. The van der Waals surface area contributed by atoms with Gasteiger partial charge in [-0.25, -0.2) is 0 Å². The van der Waals surface area contributed by atoms with E-state index < -0.39 is 0 Å². The summed E-state index contributed by atoms with van der Waals surface area (Å²) in [5, 5.41) is 3.84. The molecule has 0 fully saturated rings. The van der Waals surface area contributed by atoms with Crippen LogP contribution in [0.25, 0.3) is 10.9 Å². The number of carbonyl (C=O) groups excluding carboxylic acids is 1. The molecule has 3 rings (SSSR count). The molecule has 106 valence electrons. The maximum absolute atomic E-state index is 12.3. The van der Waals surface area contributed by atoms with E-state index in [9.17, 15) is 4.79 Å². The average molecular weight is 280 g/mol. The average Bonchev–Trinajstić information content (AvgIpc) is 2.90. The summed E-state index contributed by atoms with van der Waals surface area (Å²) in [6.45, 7) is 1.99. The molecule has 0 saturated heterocycles. The maximum atomic E-state index is 12.3. The van der Waals surface area contributed by atoms with Crippen LogP contribution in [0.15, 0.2) is 48.5 Å². The summed E-state index contributed by atoms with van der Waals surface area (Å²) in [7, 11) is 1.62. The van der Waals surface area contributed by atoms with Gasteiger partial charge in [0.15, 0.2) is 0 Å². The minimum atomic E-state index is -0.157. The van der Waals surface area contributed by atoms with Crippen LogP contribution in [0.3, 0.4) is 0 Å². The molecule has 1 aromatic heterocycles. The van der Waals surface area contributed by atoms with Crippen LogP contribution in [0.2, 0.25) is 0 Å². The van der Waals surface area contributed by atoms with Gasteiger partial charge in [-0.2, -0.15) is 0 Å². The Hall–Kier alpha value is -2.75. The number of aromatic nitrogens is 1. The quantitative estimate of drug-likeness (QED) is 0.768. The highest BCUT2D eigenvalue weighted by molar-refractivity contribution is 6.06. The number of hydrogen-bond donors (Lipinski definition) is 2. The molecule has 0 unspecified atom stereocenters. The van der Waals surface area contributed by atoms with Gasteiger partial charge in [-0.15, -0.1) is 0 Å². The Bertz CT molecular complexity index is 805. The van der Waals surface area contributed by atoms with E-state index in [0.717, 1.165) is 27.9 Å².